The Hall–Kier alpha value is -2.34. The summed E-state index contributed by atoms with van der Waals surface area (Å²) in [4.78, 5) is 14.7. The number of aldehydes is 1. The molecule has 2 aromatic carbocycles. The van der Waals surface area contributed by atoms with Crippen molar-refractivity contribution in [2.24, 2.45) is 0 Å². The molecule has 1 heterocycles. The second kappa shape index (κ2) is 7.91. The van der Waals surface area contributed by atoms with Gasteiger partial charge in [0.25, 0.3) is 0 Å². The van der Waals surface area contributed by atoms with Gasteiger partial charge in [-0.05, 0) is 36.4 Å². The summed E-state index contributed by atoms with van der Waals surface area (Å²) in [7, 11) is 0. The van der Waals surface area contributed by atoms with Gasteiger partial charge in [0.05, 0.1) is 12.9 Å². The van der Waals surface area contributed by atoms with Crippen LogP contribution in [0.2, 0.25) is 10.0 Å². The molecular weight excluding hydrogens is 375 g/mol. The van der Waals surface area contributed by atoms with Crippen molar-refractivity contribution in [1.29, 1.82) is 0 Å². The molecule has 0 spiro atoms. The summed E-state index contributed by atoms with van der Waals surface area (Å²) >= 11 is 12.3. The normalized spacial score (nSPS) is 13.2. The number of aromatic nitrogens is 2. The van der Waals surface area contributed by atoms with Crippen LogP contribution in [0.15, 0.2) is 61.2 Å². The molecule has 1 atom stereocenters. The van der Waals surface area contributed by atoms with E-state index in [1.54, 1.807) is 65.8 Å². The predicted molar refractivity (Wildman–Crippen MR) is 99.9 cm³/mol. The standard InChI is InChI=1S/C19H16Cl2N2O3/c20-15-3-6-17(18(21)9-15)19(25,11-23-8-7-22-13-23)12-26-16-4-1-14(10-24)2-5-16/h1-10,13,25H,11-12H2. The van der Waals surface area contributed by atoms with Crippen molar-refractivity contribution in [3.8, 4) is 5.75 Å². The molecule has 0 radical (unpaired) electrons. The van der Waals surface area contributed by atoms with Gasteiger partial charge in [-0.25, -0.2) is 4.98 Å². The molecule has 0 saturated heterocycles. The monoisotopic (exact) mass is 390 g/mol. The van der Waals surface area contributed by atoms with Gasteiger partial charge < -0.3 is 14.4 Å². The van der Waals surface area contributed by atoms with Gasteiger partial charge in [-0.3, -0.25) is 4.79 Å². The summed E-state index contributed by atoms with van der Waals surface area (Å²) in [5.41, 5.74) is -0.361. The topological polar surface area (TPSA) is 64.3 Å². The van der Waals surface area contributed by atoms with Crippen LogP contribution in [0.4, 0.5) is 0 Å². The SMILES string of the molecule is O=Cc1ccc(OCC(O)(Cn2ccnc2)c2ccc(Cl)cc2Cl)cc1. The van der Waals surface area contributed by atoms with Crippen molar-refractivity contribution in [3.05, 3.63) is 82.4 Å². The molecule has 1 N–H and O–H groups in total. The number of carbonyl (C=O) groups is 1. The van der Waals surface area contributed by atoms with Gasteiger partial charge in [0, 0.05) is 33.6 Å². The van der Waals surface area contributed by atoms with E-state index in [0.29, 0.717) is 26.9 Å². The molecule has 134 valence electrons. The van der Waals surface area contributed by atoms with Gasteiger partial charge in [-0.15, -0.1) is 0 Å². The van der Waals surface area contributed by atoms with Crippen molar-refractivity contribution in [3.63, 3.8) is 0 Å². The Labute approximate surface area is 160 Å². The minimum absolute atomic E-state index is 0.0486. The molecule has 3 rings (SSSR count). The minimum atomic E-state index is -1.41. The van der Waals surface area contributed by atoms with Crippen molar-refractivity contribution in [2.45, 2.75) is 12.1 Å². The van der Waals surface area contributed by atoms with Gasteiger partial charge in [0.2, 0.25) is 0 Å². The van der Waals surface area contributed by atoms with Crippen molar-refractivity contribution < 1.29 is 14.6 Å². The average molecular weight is 391 g/mol. The van der Waals surface area contributed by atoms with Gasteiger partial charge in [-0.2, -0.15) is 0 Å². The molecule has 5 nitrogen and oxygen atoms in total. The maximum atomic E-state index is 11.3. The molecule has 0 aliphatic rings. The van der Waals surface area contributed by atoms with Crippen molar-refractivity contribution in [1.82, 2.24) is 9.55 Å². The first kappa shape index (κ1) is 18.5. The lowest BCUT2D eigenvalue weighted by molar-refractivity contribution is -0.0242. The Morgan fingerprint density at radius 1 is 1.19 bits per heavy atom. The lowest BCUT2D eigenvalue weighted by Crippen LogP contribution is -2.38. The molecule has 1 unspecified atom stereocenters. The molecule has 7 heteroatoms. The maximum absolute atomic E-state index is 11.3. The zero-order chi connectivity index (χ0) is 18.6. The Morgan fingerprint density at radius 2 is 1.96 bits per heavy atom. The molecule has 0 amide bonds. The fourth-order valence-corrected chi connectivity index (χ4v) is 3.19. The highest BCUT2D eigenvalue weighted by Crippen LogP contribution is 2.32. The summed E-state index contributed by atoms with van der Waals surface area (Å²) in [6.07, 6.45) is 5.73. The predicted octanol–water partition coefficient (Wildman–Crippen LogP) is 3.97. The largest absolute Gasteiger partial charge is 0.490 e. The van der Waals surface area contributed by atoms with Crippen LogP contribution in [-0.2, 0) is 12.1 Å². The lowest BCUT2D eigenvalue weighted by atomic mass is 9.94. The molecular formula is C19H16Cl2N2O3. The van der Waals surface area contributed by atoms with E-state index in [-0.39, 0.29) is 13.2 Å². The summed E-state index contributed by atoms with van der Waals surface area (Å²) in [5.74, 6) is 0.532. The molecule has 0 saturated carbocycles. The number of halogens is 2. The van der Waals surface area contributed by atoms with E-state index in [1.165, 1.54) is 0 Å². The third-order valence-electron chi connectivity index (χ3n) is 3.93. The van der Waals surface area contributed by atoms with E-state index in [4.69, 9.17) is 27.9 Å². The highest BCUT2D eigenvalue weighted by atomic mass is 35.5. The van der Waals surface area contributed by atoms with Crippen LogP contribution in [0.5, 0.6) is 5.75 Å². The Morgan fingerprint density at radius 3 is 2.58 bits per heavy atom. The fraction of sp³-hybridized carbons (Fsp3) is 0.158. The quantitative estimate of drug-likeness (QED) is 0.619. The van der Waals surface area contributed by atoms with Crippen LogP contribution in [0.1, 0.15) is 15.9 Å². The zero-order valence-electron chi connectivity index (χ0n) is 13.7. The fourth-order valence-electron chi connectivity index (χ4n) is 2.60. The average Bonchev–Trinajstić information content (AvgIpc) is 3.13. The Balaban J connectivity index is 1.87. The van der Waals surface area contributed by atoms with Gasteiger partial charge in [0.1, 0.15) is 24.2 Å². The molecule has 0 fully saturated rings. The number of hydrogen-bond acceptors (Lipinski definition) is 4. The summed E-state index contributed by atoms with van der Waals surface area (Å²) < 4.78 is 7.51. The zero-order valence-corrected chi connectivity index (χ0v) is 15.2. The number of imidazole rings is 1. The van der Waals surface area contributed by atoms with E-state index in [0.717, 1.165) is 6.29 Å². The first-order chi connectivity index (χ1) is 12.5. The maximum Gasteiger partial charge on any atom is 0.150 e. The number of aliphatic hydroxyl groups is 1. The summed E-state index contributed by atoms with van der Waals surface area (Å²) in [5, 5.41) is 12.2. The highest BCUT2D eigenvalue weighted by molar-refractivity contribution is 6.35. The number of carbonyl (C=O) groups excluding carboxylic acids is 1. The third kappa shape index (κ3) is 4.25. The van der Waals surface area contributed by atoms with Crippen molar-refractivity contribution >= 4 is 29.5 Å². The molecule has 0 aliphatic heterocycles. The minimum Gasteiger partial charge on any atom is -0.490 e. The van der Waals surface area contributed by atoms with E-state index in [1.807, 2.05) is 0 Å². The van der Waals surface area contributed by atoms with Gasteiger partial charge >= 0.3 is 0 Å². The van der Waals surface area contributed by atoms with Crippen LogP contribution in [0, 0.1) is 0 Å². The second-order valence-electron chi connectivity index (χ2n) is 5.87. The number of ether oxygens (including phenoxy) is 1. The lowest BCUT2D eigenvalue weighted by Gasteiger charge is -2.30. The number of rotatable bonds is 7. The first-order valence-corrected chi connectivity index (χ1v) is 8.57. The Kier molecular flexibility index (Phi) is 5.61. The van der Waals surface area contributed by atoms with Gasteiger partial charge in [0.15, 0.2) is 0 Å². The van der Waals surface area contributed by atoms with Gasteiger partial charge in [-0.1, -0.05) is 29.3 Å². The summed E-state index contributed by atoms with van der Waals surface area (Å²) in [6.45, 7) is 0.147. The first-order valence-electron chi connectivity index (χ1n) is 7.82. The van der Waals surface area contributed by atoms with E-state index < -0.39 is 5.60 Å². The third-order valence-corrected chi connectivity index (χ3v) is 4.48. The smallest absolute Gasteiger partial charge is 0.150 e. The Bertz CT molecular complexity index is 882. The van der Waals surface area contributed by atoms with Crippen LogP contribution in [0.3, 0.4) is 0 Å². The molecule has 0 bridgehead atoms. The number of benzene rings is 2. The van der Waals surface area contributed by atoms with Crippen LogP contribution in [-0.4, -0.2) is 27.6 Å². The van der Waals surface area contributed by atoms with Crippen molar-refractivity contribution in [2.75, 3.05) is 6.61 Å². The van der Waals surface area contributed by atoms with Crippen LogP contribution in [0.25, 0.3) is 0 Å². The number of nitrogens with zero attached hydrogens (tertiary/aromatic N) is 2. The molecule has 3 aromatic rings. The molecule has 0 aliphatic carbocycles. The van der Waals surface area contributed by atoms with E-state index in [2.05, 4.69) is 4.98 Å². The molecule has 26 heavy (non-hydrogen) atoms. The van der Waals surface area contributed by atoms with E-state index in [9.17, 15) is 9.90 Å². The van der Waals surface area contributed by atoms with Crippen LogP contribution >= 0.6 is 23.2 Å². The molecule has 1 aromatic heterocycles. The summed E-state index contributed by atoms with van der Waals surface area (Å²) in [6, 6.07) is 11.6. The van der Waals surface area contributed by atoms with E-state index >= 15 is 0 Å². The second-order valence-corrected chi connectivity index (χ2v) is 6.71. The van der Waals surface area contributed by atoms with Crippen LogP contribution < -0.4 is 4.74 Å². The highest BCUT2D eigenvalue weighted by Gasteiger charge is 2.33. The number of hydrogen-bond donors (Lipinski definition) is 1.